The third-order valence-corrected chi connectivity index (χ3v) is 5.47. The van der Waals surface area contributed by atoms with Crippen molar-refractivity contribution in [3.05, 3.63) is 64.7 Å². The van der Waals surface area contributed by atoms with Gasteiger partial charge in [0.25, 0.3) is 0 Å². The van der Waals surface area contributed by atoms with Gasteiger partial charge in [0.15, 0.2) is 0 Å². The molecule has 0 atom stereocenters. The first kappa shape index (κ1) is 18.2. The van der Waals surface area contributed by atoms with Crippen LogP contribution in [-0.2, 0) is 5.41 Å². The van der Waals surface area contributed by atoms with Gasteiger partial charge in [0.1, 0.15) is 4.99 Å². The van der Waals surface area contributed by atoms with Crippen molar-refractivity contribution >= 4 is 34.5 Å². The van der Waals surface area contributed by atoms with E-state index in [9.17, 15) is 0 Å². The van der Waals surface area contributed by atoms with Crippen LogP contribution in [0.5, 0.6) is 0 Å². The van der Waals surface area contributed by atoms with Crippen molar-refractivity contribution in [1.29, 1.82) is 0 Å². The average molecular weight is 373 g/mol. The first-order valence-corrected chi connectivity index (χ1v) is 9.53. The van der Waals surface area contributed by atoms with Crippen LogP contribution in [0.4, 0.5) is 5.69 Å². The maximum atomic E-state index is 6.11. The van der Waals surface area contributed by atoms with E-state index < -0.39 is 0 Å². The summed E-state index contributed by atoms with van der Waals surface area (Å²) in [5.41, 5.74) is 3.83. The van der Waals surface area contributed by atoms with Crippen LogP contribution in [0, 0.1) is 0 Å². The first-order valence-electron chi connectivity index (χ1n) is 8.75. The van der Waals surface area contributed by atoms with Gasteiger partial charge in [-0.05, 0) is 29.2 Å². The Morgan fingerprint density at radius 2 is 1.60 bits per heavy atom. The van der Waals surface area contributed by atoms with Gasteiger partial charge < -0.3 is 9.80 Å². The highest BCUT2D eigenvalue weighted by molar-refractivity contribution is 7.80. The molecule has 0 amide bonds. The van der Waals surface area contributed by atoms with Crippen molar-refractivity contribution in [2.24, 2.45) is 0 Å². The second kappa shape index (κ2) is 7.35. The largest absolute Gasteiger partial charge is 0.368 e. The maximum Gasteiger partial charge on any atom is 0.109 e. The standard InChI is InChI=1S/C21H25ClN2S/c1-21(2,3)17-9-7-16(8-10-17)20(25)24-13-11-23(12-14-24)19-6-4-5-18(22)15-19/h4-10,15H,11-14H2,1-3H3. The van der Waals surface area contributed by atoms with Crippen LogP contribution >= 0.6 is 23.8 Å². The zero-order chi connectivity index (χ0) is 18.0. The molecule has 0 saturated carbocycles. The molecule has 0 unspecified atom stereocenters. The number of hydrogen-bond donors (Lipinski definition) is 0. The monoisotopic (exact) mass is 372 g/mol. The Balaban J connectivity index is 1.63. The molecule has 0 spiro atoms. The van der Waals surface area contributed by atoms with Crippen molar-refractivity contribution in [3.63, 3.8) is 0 Å². The van der Waals surface area contributed by atoms with Gasteiger partial charge in [0.2, 0.25) is 0 Å². The number of hydrogen-bond acceptors (Lipinski definition) is 2. The van der Waals surface area contributed by atoms with Gasteiger partial charge >= 0.3 is 0 Å². The van der Waals surface area contributed by atoms with E-state index in [1.54, 1.807) is 0 Å². The molecule has 3 rings (SSSR count). The Labute approximate surface area is 161 Å². The minimum Gasteiger partial charge on any atom is -0.368 e. The van der Waals surface area contributed by atoms with Gasteiger partial charge in [-0.2, -0.15) is 0 Å². The number of benzene rings is 2. The number of piperazine rings is 1. The maximum absolute atomic E-state index is 6.11. The molecule has 1 heterocycles. The summed E-state index contributed by atoms with van der Waals surface area (Å²) in [6.45, 7) is 10.5. The molecule has 0 bridgehead atoms. The minimum atomic E-state index is 0.169. The summed E-state index contributed by atoms with van der Waals surface area (Å²) < 4.78 is 0. The van der Waals surface area contributed by atoms with Gasteiger partial charge in [0.05, 0.1) is 0 Å². The Bertz CT molecular complexity index is 741. The van der Waals surface area contributed by atoms with Crippen LogP contribution < -0.4 is 4.90 Å². The fourth-order valence-corrected chi connectivity index (χ4v) is 3.64. The summed E-state index contributed by atoms with van der Waals surface area (Å²) in [4.78, 5) is 5.63. The Hall–Kier alpha value is -1.58. The molecular weight excluding hydrogens is 348 g/mol. The van der Waals surface area contributed by atoms with E-state index in [0.717, 1.165) is 41.8 Å². The Kier molecular flexibility index (Phi) is 5.35. The summed E-state index contributed by atoms with van der Waals surface area (Å²) in [5, 5.41) is 0.786. The lowest BCUT2D eigenvalue weighted by Gasteiger charge is -2.37. The fraction of sp³-hybridized carbons (Fsp3) is 0.381. The molecule has 2 nitrogen and oxygen atoms in total. The number of nitrogens with zero attached hydrogens (tertiary/aromatic N) is 2. The van der Waals surface area contributed by atoms with E-state index in [-0.39, 0.29) is 5.41 Å². The van der Waals surface area contributed by atoms with Crippen molar-refractivity contribution in [2.75, 3.05) is 31.1 Å². The number of rotatable bonds is 2. The predicted molar refractivity (Wildman–Crippen MR) is 112 cm³/mol. The van der Waals surface area contributed by atoms with Crippen LogP contribution in [0.2, 0.25) is 5.02 Å². The Morgan fingerprint density at radius 3 is 2.16 bits per heavy atom. The molecule has 0 N–H and O–H groups in total. The van der Waals surface area contributed by atoms with Crippen LogP contribution in [0.3, 0.4) is 0 Å². The third kappa shape index (κ3) is 4.34. The van der Waals surface area contributed by atoms with Crippen molar-refractivity contribution in [3.8, 4) is 0 Å². The molecule has 4 heteroatoms. The summed E-state index contributed by atoms with van der Waals surface area (Å²) in [6.07, 6.45) is 0. The highest BCUT2D eigenvalue weighted by atomic mass is 35.5. The number of thiocarbonyl (C=S) groups is 1. The van der Waals surface area contributed by atoms with E-state index in [2.05, 4.69) is 60.9 Å². The molecule has 25 heavy (non-hydrogen) atoms. The van der Waals surface area contributed by atoms with Crippen LogP contribution in [0.15, 0.2) is 48.5 Å². The molecular formula is C21H25ClN2S. The van der Waals surface area contributed by atoms with Crippen LogP contribution in [0.25, 0.3) is 0 Å². The molecule has 1 aliphatic heterocycles. The second-order valence-corrected chi connectivity index (χ2v) is 8.41. The molecule has 0 radical (unpaired) electrons. The van der Waals surface area contributed by atoms with Crippen molar-refractivity contribution in [2.45, 2.75) is 26.2 Å². The summed E-state index contributed by atoms with van der Waals surface area (Å²) in [7, 11) is 0. The zero-order valence-corrected chi connectivity index (χ0v) is 16.7. The summed E-state index contributed by atoms with van der Waals surface area (Å²) in [6, 6.07) is 16.8. The van der Waals surface area contributed by atoms with Crippen molar-refractivity contribution in [1.82, 2.24) is 4.90 Å². The van der Waals surface area contributed by atoms with Crippen molar-refractivity contribution < 1.29 is 0 Å². The minimum absolute atomic E-state index is 0.169. The lowest BCUT2D eigenvalue weighted by Crippen LogP contribution is -2.48. The number of halogens is 1. The summed E-state index contributed by atoms with van der Waals surface area (Å²) >= 11 is 11.8. The van der Waals surface area contributed by atoms with E-state index in [1.807, 2.05) is 18.2 Å². The van der Waals surface area contributed by atoms with E-state index in [1.165, 1.54) is 11.3 Å². The molecule has 2 aromatic carbocycles. The van der Waals surface area contributed by atoms with E-state index in [4.69, 9.17) is 23.8 Å². The van der Waals surface area contributed by atoms with Crippen LogP contribution in [-0.4, -0.2) is 36.1 Å². The van der Waals surface area contributed by atoms with Gasteiger partial charge in [0, 0.05) is 42.5 Å². The smallest absolute Gasteiger partial charge is 0.109 e. The molecule has 0 aromatic heterocycles. The number of anilines is 1. The third-order valence-electron chi connectivity index (χ3n) is 4.74. The van der Waals surface area contributed by atoms with Gasteiger partial charge in [-0.15, -0.1) is 0 Å². The Morgan fingerprint density at radius 1 is 0.960 bits per heavy atom. The molecule has 1 fully saturated rings. The highest BCUT2D eigenvalue weighted by Gasteiger charge is 2.21. The van der Waals surface area contributed by atoms with E-state index in [0.29, 0.717) is 0 Å². The fourth-order valence-electron chi connectivity index (χ4n) is 3.14. The molecule has 2 aromatic rings. The van der Waals surface area contributed by atoms with E-state index >= 15 is 0 Å². The zero-order valence-electron chi connectivity index (χ0n) is 15.1. The molecule has 1 saturated heterocycles. The van der Waals surface area contributed by atoms with Gasteiger partial charge in [-0.3, -0.25) is 0 Å². The molecule has 1 aliphatic rings. The lowest BCUT2D eigenvalue weighted by molar-refractivity contribution is 0.392. The predicted octanol–water partition coefficient (Wildman–Crippen LogP) is 5.14. The second-order valence-electron chi connectivity index (χ2n) is 7.59. The molecule has 132 valence electrons. The highest BCUT2D eigenvalue weighted by Crippen LogP contribution is 2.24. The van der Waals surface area contributed by atoms with Gasteiger partial charge in [-0.1, -0.05) is 74.9 Å². The topological polar surface area (TPSA) is 6.48 Å². The quantitative estimate of drug-likeness (QED) is 0.674. The summed E-state index contributed by atoms with van der Waals surface area (Å²) in [5.74, 6) is 0. The SMILES string of the molecule is CC(C)(C)c1ccc(C(=S)N2CCN(c3cccc(Cl)c3)CC2)cc1. The first-order chi connectivity index (χ1) is 11.8. The normalized spacial score (nSPS) is 15.4. The molecule has 0 aliphatic carbocycles. The van der Waals surface area contributed by atoms with Crippen LogP contribution in [0.1, 0.15) is 31.9 Å². The average Bonchev–Trinajstić information content (AvgIpc) is 2.61. The van der Waals surface area contributed by atoms with Gasteiger partial charge in [-0.25, -0.2) is 0 Å². The lowest BCUT2D eigenvalue weighted by atomic mass is 9.87.